The van der Waals surface area contributed by atoms with Gasteiger partial charge in [-0.05, 0) is 61.1 Å². The molecule has 2 aromatic carbocycles. The average molecular weight is 438 g/mol. The second kappa shape index (κ2) is 11.6. The number of halogens is 3. The van der Waals surface area contributed by atoms with Crippen LogP contribution in [0, 0.1) is 11.8 Å². The number of rotatable bonds is 10. The Hall–Kier alpha value is -2.70. The largest absolute Gasteiger partial charge is 0.493 e. The Labute approximate surface area is 181 Å². The van der Waals surface area contributed by atoms with Gasteiger partial charge in [0.15, 0.2) is 0 Å². The molecule has 2 aromatic rings. The van der Waals surface area contributed by atoms with Crippen LogP contribution in [0.1, 0.15) is 44.2 Å². The van der Waals surface area contributed by atoms with Crippen molar-refractivity contribution >= 4 is 5.97 Å². The molecule has 170 valence electrons. The maximum atomic E-state index is 12.7. The molecule has 1 N–H and O–H groups in total. The van der Waals surface area contributed by atoms with E-state index in [2.05, 4.69) is 0 Å². The Bertz CT molecular complexity index is 814. The number of hydrogen-bond donors (Lipinski definition) is 1. The summed E-state index contributed by atoms with van der Waals surface area (Å²) in [5.41, 5.74) is 0.225. The number of alkyl halides is 3. The first-order valence-corrected chi connectivity index (χ1v) is 10.6. The SMILES string of the molecule is CC.O=C(O)C(Cc1ccc(OCCCOc2cccc(C(F)(F)F)c2)cc1)C1CC1. The molecule has 1 aliphatic carbocycles. The van der Waals surface area contributed by atoms with E-state index in [1.165, 1.54) is 12.1 Å². The zero-order chi connectivity index (χ0) is 22.9. The molecular weight excluding hydrogens is 409 g/mol. The zero-order valence-electron chi connectivity index (χ0n) is 17.8. The van der Waals surface area contributed by atoms with E-state index in [4.69, 9.17) is 9.47 Å². The van der Waals surface area contributed by atoms with Gasteiger partial charge in [0, 0.05) is 6.42 Å². The van der Waals surface area contributed by atoms with Crippen molar-refractivity contribution in [1.82, 2.24) is 0 Å². The van der Waals surface area contributed by atoms with Crippen LogP contribution < -0.4 is 9.47 Å². The maximum Gasteiger partial charge on any atom is 0.416 e. The van der Waals surface area contributed by atoms with Gasteiger partial charge in [0.1, 0.15) is 11.5 Å². The predicted octanol–water partition coefficient (Wildman–Crippen LogP) is 6.23. The fourth-order valence-corrected chi connectivity index (χ4v) is 3.13. The number of carbonyl (C=O) groups is 1. The highest BCUT2D eigenvalue weighted by Gasteiger charge is 2.36. The fourth-order valence-electron chi connectivity index (χ4n) is 3.13. The lowest BCUT2D eigenvalue weighted by molar-refractivity contribution is -0.142. The molecular formula is C24H29F3O4. The standard InChI is InChI=1S/C22H23F3O4.C2H6/c23-22(24,25)17-3-1-4-19(14-17)29-12-2-11-28-18-9-5-15(6-10-18)13-20(21(26)27)16-7-8-16;1-2/h1,3-6,9-10,14,16,20H,2,7-8,11-13H2,(H,26,27);1-2H3. The summed E-state index contributed by atoms with van der Waals surface area (Å²) in [7, 11) is 0. The molecule has 0 amide bonds. The van der Waals surface area contributed by atoms with Gasteiger partial charge in [-0.2, -0.15) is 13.2 Å². The van der Waals surface area contributed by atoms with Crippen molar-refractivity contribution in [2.75, 3.05) is 13.2 Å². The molecule has 0 heterocycles. The normalized spacial score (nSPS) is 14.2. The third kappa shape index (κ3) is 8.15. The lowest BCUT2D eigenvalue weighted by atomic mass is 9.95. The molecule has 1 atom stereocenters. The number of aliphatic carboxylic acids is 1. The molecule has 0 spiro atoms. The molecule has 31 heavy (non-hydrogen) atoms. The van der Waals surface area contributed by atoms with Gasteiger partial charge in [-0.25, -0.2) is 0 Å². The Morgan fingerprint density at radius 1 is 1.03 bits per heavy atom. The third-order valence-electron chi connectivity index (χ3n) is 4.87. The van der Waals surface area contributed by atoms with Crippen LogP contribution in [-0.2, 0) is 17.4 Å². The maximum absolute atomic E-state index is 12.7. The van der Waals surface area contributed by atoms with Gasteiger partial charge >= 0.3 is 12.1 Å². The Balaban J connectivity index is 0.00000166. The van der Waals surface area contributed by atoms with Crippen LogP contribution >= 0.6 is 0 Å². The van der Waals surface area contributed by atoms with E-state index in [0.29, 0.717) is 31.1 Å². The van der Waals surface area contributed by atoms with Crippen LogP contribution in [0.2, 0.25) is 0 Å². The Morgan fingerprint density at radius 2 is 1.65 bits per heavy atom. The molecule has 0 radical (unpaired) electrons. The minimum Gasteiger partial charge on any atom is -0.493 e. The minimum atomic E-state index is -4.39. The van der Waals surface area contributed by atoms with Crippen molar-refractivity contribution in [1.29, 1.82) is 0 Å². The molecule has 0 saturated heterocycles. The molecule has 0 bridgehead atoms. The second-order valence-corrected chi connectivity index (χ2v) is 7.21. The first-order valence-electron chi connectivity index (χ1n) is 10.6. The topological polar surface area (TPSA) is 55.8 Å². The second-order valence-electron chi connectivity index (χ2n) is 7.21. The number of ether oxygens (including phenoxy) is 2. The lowest BCUT2D eigenvalue weighted by Crippen LogP contribution is -2.18. The Morgan fingerprint density at radius 3 is 2.19 bits per heavy atom. The first kappa shape index (κ1) is 24.6. The van der Waals surface area contributed by atoms with Gasteiger partial charge in [-0.1, -0.05) is 32.0 Å². The highest BCUT2D eigenvalue weighted by atomic mass is 19.4. The van der Waals surface area contributed by atoms with Crippen LogP contribution in [-0.4, -0.2) is 24.3 Å². The smallest absolute Gasteiger partial charge is 0.416 e. The van der Waals surface area contributed by atoms with Crippen molar-refractivity contribution < 1.29 is 32.5 Å². The summed E-state index contributed by atoms with van der Waals surface area (Å²) in [4.78, 5) is 11.3. The number of carboxylic acid groups (broad SMARTS) is 1. The van der Waals surface area contributed by atoms with Crippen LogP contribution in [0.3, 0.4) is 0 Å². The van der Waals surface area contributed by atoms with Crippen molar-refractivity contribution in [3.05, 3.63) is 59.7 Å². The molecule has 7 heteroatoms. The molecule has 1 fully saturated rings. The molecule has 1 saturated carbocycles. The summed E-state index contributed by atoms with van der Waals surface area (Å²) in [6.07, 6.45) is -1.38. The molecule has 3 rings (SSSR count). The van der Waals surface area contributed by atoms with E-state index in [1.54, 1.807) is 12.1 Å². The van der Waals surface area contributed by atoms with Crippen LogP contribution in [0.4, 0.5) is 13.2 Å². The zero-order valence-corrected chi connectivity index (χ0v) is 17.8. The van der Waals surface area contributed by atoms with E-state index in [1.807, 2.05) is 26.0 Å². The van der Waals surface area contributed by atoms with E-state index < -0.39 is 17.7 Å². The van der Waals surface area contributed by atoms with Crippen LogP contribution in [0.15, 0.2) is 48.5 Å². The number of benzene rings is 2. The first-order chi connectivity index (χ1) is 14.8. The fraction of sp³-hybridized carbons (Fsp3) is 0.458. The van der Waals surface area contributed by atoms with E-state index in [0.717, 1.165) is 30.5 Å². The molecule has 1 aliphatic rings. The van der Waals surface area contributed by atoms with Gasteiger partial charge in [0.05, 0.1) is 24.7 Å². The molecule has 4 nitrogen and oxygen atoms in total. The lowest BCUT2D eigenvalue weighted by Gasteiger charge is -2.12. The van der Waals surface area contributed by atoms with Crippen LogP contribution in [0.25, 0.3) is 0 Å². The molecule has 0 aromatic heterocycles. The summed E-state index contributed by atoms with van der Waals surface area (Å²) < 4.78 is 49.0. The van der Waals surface area contributed by atoms with Crippen molar-refractivity contribution in [3.8, 4) is 11.5 Å². The summed E-state index contributed by atoms with van der Waals surface area (Å²) in [5.74, 6) is 0.0579. The highest BCUT2D eigenvalue weighted by molar-refractivity contribution is 5.71. The third-order valence-corrected chi connectivity index (χ3v) is 4.87. The van der Waals surface area contributed by atoms with E-state index in [9.17, 15) is 23.1 Å². The number of carboxylic acids is 1. The van der Waals surface area contributed by atoms with Crippen molar-refractivity contribution in [2.45, 2.75) is 45.7 Å². The summed E-state index contributed by atoms with van der Waals surface area (Å²) >= 11 is 0. The monoisotopic (exact) mass is 438 g/mol. The average Bonchev–Trinajstić information content (AvgIpc) is 3.59. The van der Waals surface area contributed by atoms with Gasteiger partial charge in [0.25, 0.3) is 0 Å². The van der Waals surface area contributed by atoms with E-state index >= 15 is 0 Å². The van der Waals surface area contributed by atoms with Gasteiger partial charge in [0.2, 0.25) is 0 Å². The summed E-state index contributed by atoms with van der Waals surface area (Å²) in [6.45, 7) is 4.60. The van der Waals surface area contributed by atoms with Crippen LogP contribution in [0.5, 0.6) is 11.5 Å². The summed E-state index contributed by atoms with van der Waals surface area (Å²) in [6, 6.07) is 12.1. The van der Waals surface area contributed by atoms with Crippen molar-refractivity contribution in [3.63, 3.8) is 0 Å². The minimum absolute atomic E-state index is 0.174. The summed E-state index contributed by atoms with van der Waals surface area (Å²) in [5, 5.41) is 9.31. The Kier molecular flexibility index (Phi) is 9.21. The van der Waals surface area contributed by atoms with Gasteiger partial charge < -0.3 is 14.6 Å². The predicted molar refractivity (Wildman–Crippen MR) is 112 cm³/mol. The molecule has 1 unspecified atom stereocenters. The van der Waals surface area contributed by atoms with Crippen molar-refractivity contribution in [2.24, 2.45) is 11.8 Å². The highest BCUT2D eigenvalue weighted by Crippen LogP contribution is 2.38. The number of hydrogen-bond acceptors (Lipinski definition) is 3. The quantitative estimate of drug-likeness (QED) is 0.447. The van der Waals surface area contributed by atoms with Gasteiger partial charge in [-0.15, -0.1) is 0 Å². The van der Waals surface area contributed by atoms with E-state index in [-0.39, 0.29) is 18.3 Å². The molecule has 0 aliphatic heterocycles. The van der Waals surface area contributed by atoms with Gasteiger partial charge in [-0.3, -0.25) is 4.79 Å².